The Morgan fingerprint density at radius 1 is 1.29 bits per heavy atom. The van der Waals surface area contributed by atoms with E-state index < -0.39 is 18.0 Å². The van der Waals surface area contributed by atoms with Crippen LogP contribution in [-0.2, 0) is 9.59 Å². The zero-order valence-electron chi connectivity index (χ0n) is 8.83. The van der Waals surface area contributed by atoms with Crippen LogP contribution in [0.1, 0.15) is 19.8 Å². The normalized spacial score (nSPS) is 10.6. The molecular weight excluding hydrogens is 208 g/mol. The molecule has 0 saturated heterocycles. The molecule has 0 saturated carbocycles. The van der Waals surface area contributed by atoms with Gasteiger partial charge in [0.25, 0.3) is 0 Å². The second-order valence-corrected chi connectivity index (χ2v) is 2.34. The van der Waals surface area contributed by atoms with Gasteiger partial charge in [0.2, 0.25) is 0 Å². The molecule has 1 unspecified atom stereocenters. The number of carbonyl (C=O) groups excluding carboxylic acids is 2. The van der Waals surface area contributed by atoms with E-state index in [4.69, 9.17) is 0 Å². The van der Waals surface area contributed by atoms with E-state index in [1.54, 1.807) is 6.92 Å². The summed E-state index contributed by atoms with van der Waals surface area (Å²) in [6, 6.07) is -0.895. The minimum absolute atomic E-state index is 0. The first-order valence-electron chi connectivity index (χ1n) is 3.72. The summed E-state index contributed by atoms with van der Waals surface area (Å²) in [5.74, 6) is -2.53. The maximum atomic E-state index is 10.3. The van der Waals surface area contributed by atoms with Gasteiger partial charge in [0.05, 0.1) is 5.97 Å². The van der Waals surface area contributed by atoms with Gasteiger partial charge in [-0.25, -0.2) is 0 Å². The number of nitrogens with one attached hydrogen (secondary N) is 1. The third-order valence-electron chi connectivity index (χ3n) is 1.37. The molecule has 1 atom stereocenters. The Labute approximate surface area is 127 Å². The van der Waals surface area contributed by atoms with Crippen molar-refractivity contribution in [1.82, 2.24) is 5.32 Å². The van der Waals surface area contributed by atoms with E-state index in [-0.39, 0.29) is 72.0 Å². The number of carbonyl (C=O) groups is 2. The van der Waals surface area contributed by atoms with Crippen LogP contribution in [0.25, 0.3) is 0 Å². The third kappa shape index (κ3) is 11.0. The van der Waals surface area contributed by atoms with Crippen LogP contribution < -0.4 is 74.6 Å². The van der Waals surface area contributed by atoms with Crippen LogP contribution in [-0.4, -0.2) is 24.5 Å². The molecule has 0 bridgehead atoms. The van der Waals surface area contributed by atoms with Gasteiger partial charge in [0, 0.05) is 12.0 Å². The summed E-state index contributed by atoms with van der Waals surface area (Å²) in [6.07, 6.45) is -0.274. The van der Waals surface area contributed by atoms with E-state index in [2.05, 4.69) is 5.32 Å². The molecule has 0 aliphatic heterocycles. The summed E-state index contributed by atoms with van der Waals surface area (Å²) in [4.78, 5) is 20.3. The maximum absolute atomic E-state index is 10.3. The number of hydrogen-bond acceptors (Lipinski definition) is 5. The maximum Gasteiger partial charge on any atom is 1.00 e. The van der Waals surface area contributed by atoms with E-state index in [1.165, 1.54) is 0 Å². The average molecular weight is 219 g/mol. The van der Waals surface area contributed by atoms with Gasteiger partial charge in [-0.3, -0.25) is 0 Å². The molecule has 1 N–H and O–H groups in total. The van der Waals surface area contributed by atoms with Crippen molar-refractivity contribution in [2.24, 2.45) is 0 Å². The number of hydrogen-bond donors (Lipinski definition) is 1. The number of carboxylic acids is 2. The first-order valence-corrected chi connectivity index (χ1v) is 3.72. The van der Waals surface area contributed by atoms with Crippen molar-refractivity contribution in [3.05, 3.63) is 0 Å². The molecule has 70 valence electrons. The van der Waals surface area contributed by atoms with Crippen molar-refractivity contribution in [2.45, 2.75) is 25.8 Å². The Hall–Kier alpha value is 0.900. The predicted molar refractivity (Wildman–Crippen MR) is 36.7 cm³/mol. The monoisotopic (exact) mass is 219 g/mol. The van der Waals surface area contributed by atoms with Crippen LogP contribution in [0.2, 0.25) is 0 Å². The average Bonchev–Trinajstić information content (AvgIpc) is 1.96. The van der Waals surface area contributed by atoms with Gasteiger partial charge in [-0.1, -0.05) is 6.92 Å². The number of rotatable bonds is 6. The molecule has 0 fully saturated rings. The summed E-state index contributed by atoms with van der Waals surface area (Å²) in [5.41, 5.74) is 0. The molecule has 7 heteroatoms. The van der Waals surface area contributed by atoms with Crippen molar-refractivity contribution in [1.29, 1.82) is 0 Å². The van der Waals surface area contributed by atoms with Crippen LogP contribution in [0.15, 0.2) is 0 Å². The fraction of sp³-hybridized carbons (Fsp3) is 0.714. The molecule has 0 aromatic carbocycles. The third-order valence-corrected chi connectivity index (χ3v) is 1.37. The summed E-state index contributed by atoms with van der Waals surface area (Å²) in [6.45, 7) is 2.20. The molecule has 0 aliphatic rings. The Balaban J connectivity index is -0.000000605. The fourth-order valence-electron chi connectivity index (χ4n) is 0.812. The van der Waals surface area contributed by atoms with Crippen LogP contribution >= 0.6 is 0 Å². The molecule has 0 spiro atoms. The summed E-state index contributed by atoms with van der Waals surface area (Å²) in [7, 11) is 0. The second-order valence-electron chi connectivity index (χ2n) is 2.34. The van der Waals surface area contributed by atoms with Crippen LogP contribution in [0.4, 0.5) is 0 Å². The molecule has 0 radical (unpaired) electrons. The first kappa shape index (κ1) is 20.3. The number of carboxylic acid groups (broad SMARTS) is 2. The van der Waals surface area contributed by atoms with E-state index in [0.717, 1.165) is 0 Å². The standard InChI is InChI=1S/C7H13NO4.2Na/c1-2-8-5(7(11)12)3-4-6(9)10;;/h5,8H,2-4H2,1H3,(H,9,10)(H,11,12);;/q;2*+1/p-2. The number of aliphatic carboxylic acids is 2. The SMILES string of the molecule is CCNC(CCC(=O)[O-])C(=O)[O-].[Na+].[Na+]. The van der Waals surface area contributed by atoms with Crippen molar-refractivity contribution >= 4 is 11.9 Å². The number of likely N-dealkylation sites (N-methyl/N-ethyl adjacent to an activating group) is 1. The first-order chi connectivity index (χ1) is 5.57. The van der Waals surface area contributed by atoms with Crippen molar-refractivity contribution in [3.8, 4) is 0 Å². The van der Waals surface area contributed by atoms with Crippen molar-refractivity contribution < 1.29 is 78.9 Å². The van der Waals surface area contributed by atoms with E-state index >= 15 is 0 Å². The molecule has 14 heavy (non-hydrogen) atoms. The van der Waals surface area contributed by atoms with Gasteiger partial charge < -0.3 is 25.1 Å². The Bertz CT molecular complexity index is 177. The van der Waals surface area contributed by atoms with Crippen molar-refractivity contribution in [3.63, 3.8) is 0 Å². The topological polar surface area (TPSA) is 92.3 Å². The quantitative estimate of drug-likeness (QED) is 0.448. The van der Waals surface area contributed by atoms with Crippen molar-refractivity contribution in [2.75, 3.05) is 6.54 Å². The smallest absolute Gasteiger partial charge is 0.550 e. The van der Waals surface area contributed by atoms with E-state index in [1.807, 2.05) is 0 Å². The molecular formula is C7H11NNa2O4. The Morgan fingerprint density at radius 3 is 2.07 bits per heavy atom. The largest absolute Gasteiger partial charge is 1.00 e. The van der Waals surface area contributed by atoms with Crippen LogP contribution in [0.3, 0.4) is 0 Å². The molecule has 0 rings (SSSR count). The Kier molecular flexibility index (Phi) is 17.4. The molecule has 0 aromatic heterocycles. The molecule has 0 amide bonds. The predicted octanol–water partition coefficient (Wildman–Crippen LogP) is -8.75. The van der Waals surface area contributed by atoms with Crippen LogP contribution in [0, 0.1) is 0 Å². The molecule has 5 nitrogen and oxygen atoms in total. The minimum atomic E-state index is -1.28. The fourth-order valence-corrected chi connectivity index (χ4v) is 0.812. The van der Waals surface area contributed by atoms with E-state index in [9.17, 15) is 19.8 Å². The molecule has 0 aromatic rings. The van der Waals surface area contributed by atoms with Gasteiger partial charge in [-0.15, -0.1) is 0 Å². The van der Waals surface area contributed by atoms with Gasteiger partial charge in [0.1, 0.15) is 0 Å². The van der Waals surface area contributed by atoms with Gasteiger partial charge in [0.15, 0.2) is 0 Å². The summed E-state index contributed by atoms with van der Waals surface area (Å²) < 4.78 is 0. The zero-order chi connectivity index (χ0) is 9.56. The zero-order valence-corrected chi connectivity index (χ0v) is 12.8. The van der Waals surface area contributed by atoms with Gasteiger partial charge in [-0.2, -0.15) is 0 Å². The molecule has 0 aliphatic carbocycles. The molecule has 0 heterocycles. The minimum Gasteiger partial charge on any atom is -0.550 e. The van der Waals surface area contributed by atoms with Gasteiger partial charge >= 0.3 is 59.1 Å². The van der Waals surface area contributed by atoms with Gasteiger partial charge in [-0.05, 0) is 19.4 Å². The summed E-state index contributed by atoms with van der Waals surface area (Å²) >= 11 is 0. The summed E-state index contributed by atoms with van der Waals surface area (Å²) in [5, 5.41) is 22.9. The van der Waals surface area contributed by atoms with Crippen LogP contribution in [0.5, 0.6) is 0 Å². The van der Waals surface area contributed by atoms with E-state index in [0.29, 0.717) is 6.54 Å². The second kappa shape index (κ2) is 12.0. The Morgan fingerprint density at radius 2 is 1.79 bits per heavy atom.